The van der Waals surface area contributed by atoms with Gasteiger partial charge in [0.2, 0.25) is 0 Å². The van der Waals surface area contributed by atoms with Crippen LogP contribution >= 0.6 is 12.4 Å². The summed E-state index contributed by atoms with van der Waals surface area (Å²) in [5, 5.41) is 19.1. The van der Waals surface area contributed by atoms with Gasteiger partial charge in [0.05, 0.1) is 4.92 Å². The summed E-state index contributed by atoms with van der Waals surface area (Å²) in [6.07, 6.45) is -0.00329. The van der Waals surface area contributed by atoms with E-state index >= 15 is 0 Å². The van der Waals surface area contributed by atoms with Gasteiger partial charge in [0.15, 0.2) is 0 Å². The lowest BCUT2D eigenvalue weighted by Gasteiger charge is -2.01. The predicted octanol–water partition coefficient (Wildman–Crippen LogP) is 1.62. The fourth-order valence-corrected chi connectivity index (χ4v) is 1.20. The normalized spacial score (nSPS) is 9.25. The average molecular weight is 247 g/mol. The topological polar surface area (TPSA) is 106 Å². The van der Waals surface area contributed by atoms with Gasteiger partial charge in [0.1, 0.15) is 0 Å². The van der Waals surface area contributed by atoms with Crippen LogP contribution in [0, 0.1) is 10.1 Å². The molecule has 0 atom stereocenters. The number of carboxylic acid groups (broad SMARTS) is 1. The van der Waals surface area contributed by atoms with Crippen molar-refractivity contribution in [3.63, 3.8) is 0 Å². The van der Waals surface area contributed by atoms with Crippen LogP contribution in [0.4, 0.5) is 11.4 Å². The molecule has 0 unspecified atom stereocenters. The van der Waals surface area contributed by atoms with E-state index in [1.165, 1.54) is 18.2 Å². The first-order chi connectivity index (χ1) is 7.00. The van der Waals surface area contributed by atoms with Crippen molar-refractivity contribution >= 4 is 29.8 Å². The number of aryl methyl sites for hydroxylation is 1. The van der Waals surface area contributed by atoms with Crippen molar-refractivity contribution in [1.82, 2.24) is 0 Å². The third-order valence-corrected chi connectivity index (χ3v) is 1.91. The van der Waals surface area contributed by atoms with E-state index in [1.807, 2.05) is 0 Å². The fourth-order valence-electron chi connectivity index (χ4n) is 1.20. The SMILES string of the molecule is Cl.Nc1ccc(CCC(=O)O)c([N+](=O)[O-])c1. The number of nitrogens with two attached hydrogens (primary N) is 1. The van der Waals surface area contributed by atoms with E-state index < -0.39 is 10.9 Å². The summed E-state index contributed by atoms with van der Waals surface area (Å²) in [6, 6.07) is 4.23. The van der Waals surface area contributed by atoms with Gasteiger partial charge in [-0.2, -0.15) is 0 Å². The number of carboxylic acids is 1. The highest BCUT2D eigenvalue weighted by Crippen LogP contribution is 2.22. The second-order valence-corrected chi connectivity index (χ2v) is 3.04. The van der Waals surface area contributed by atoms with Gasteiger partial charge < -0.3 is 10.8 Å². The molecule has 0 aromatic heterocycles. The zero-order valence-electron chi connectivity index (χ0n) is 8.25. The molecule has 0 radical (unpaired) electrons. The summed E-state index contributed by atoms with van der Waals surface area (Å²) in [7, 11) is 0. The van der Waals surface area contributed by atoms with Gasteiger partial charge in [0.25, 0.3) is 5.69 Å². The van der Waals surface area contributed by atoms with Crippen molar-refractivity contribution in [2.24, 2.45) is 0 Å². The number of benzene rings is 1. The molecule has 0 saturated heterocycles. The van der Waals surface area contributed by atoms with Gasteiger partial charge in [-0.25, -0.2) is 0 Å². The monoisotopic (exact) mass is 246 g/mol. The fraction of sp³-hybridized carbons (Fsp3) is 0.222. The lowest BCUT2D eigenvalue weighted by atomic mass is 10.1. The first kappa shape index (κ1) is 14.2. The Morgan fingerprint density at radius 3 is 2.62 bits per heavy atom. The Bertz CT molecular complexity index is 408. The highest BCUT2D eigenvalue weighted by Gasteiger charge is 2.14. The molecule has 3 N–H and O–H groups in total. The molecule has 0 saturated carbocycles. The Kier molecular flexibility index (Phi) is 5.24. The number of hydrogen-bond acceptors (Lipinski definition) is 4. The summed E-state index contributed by atoms with van der Waals surface area (Å²) in [5.41, 5.74) is 5.95. The highest BCUT2D eigenvalue weighted by atomic mass is 35.5. The molecule has 16 heavy (non-hydrogen) atoms. The van der Waals surface area contributed by atoms with Gasteiger partial charge >= 0.3 is 5.97 Å². The molecule has 6 nitrogen and oxygen atoms in total. The maximum atomic E-state index is 10.6. The molecule has 0 heterocycles. The number of nitro groups is 1. The molecule has 0 aliphatic heterocycles. The molecule has 0 spiro atoms. The third kappa shape index (κ3) is 3.74. The minimum absolute atomic E-state index is 0. The molecule has 0 fully saturated rings. The van der Waals surface area contributed by atoms with Crippen molar-refractivity contribution in [3.05, 3.63) is 33.9 Å². The minimum Gasteiger partial charge on any atom is -0.481 e. The van der Waals surface area contributed by atoms with Crippen molar-refractivity contribution in [2.45, 2.75) is 12.8 Å². The Hall–Kier alpha value is -1.82. The molecular formula is C9H11ClN2O4. The highest BCUT2D eigenvalue weighted by molar-refractivity contribution is 5.85. The van der Waals surface area contributed by atoms with Gasteiger partial charge in [0, 0.05) is 23.7 Å². The number of rotatable bonds is 4. The third-order valence-electron chi connectivity index (χ3n) is 1.91. The second-order valence-electron chi connectivity index (χ2n) is 3.04. The zero-order valence-corrected chi connectivity index (χ0v) is 9.07. The molecule has 1 aromatic carbocycles. The van der Waals surface area contributed by atoms with E-state index in [9.17, 15) is 14.9 Å². The van der Waals surface area contributed by atoms with Crippen molar-refractivity contribution in [3.8, 4) is 0 Å². The molecule has 1 rings (SSSR count). The van der Waals surface area contributed by atoms with E-state index in [4.69, 9.17) is 10.8 Å². The molecule has 1 aromatic rings. The average Bonchev–Trinajstić information content (AvgIpc) is 2.15. The van der Waals surface area contributed by atoms with Crippen LogP contribution in [0.15, 0.2) is 18.2 Å². The quantitative estimate of drug-likeness (QED) is 0.477. The van der Waals surface area contributed by atoms with Crippen molar-refractivity contribution < 1.29 is 14.8 Å². The van der Waals surface area contributed by atoms with E-state index in [1.54, 1.807) is 0 Å². The van der Waals surface area contributed by atoms with Crippen LogP contribution in [0.2, 0.25) is 0 Å². The van der Waals surface area contributed by atoms with E-state index in [0.29, 0.717) is 11.3 Å². The predicted molar refractivity (Wildman–Crippen MR) is 60.7 cm³/mol. The largest absolute Gasteiger partial charge is 0.481 e. The minimum atomic E-state index is -0.985. The maximum absolute atomic E-state index is 10.6. The number of nitrogen functional groups attached to an aromatic ring is 1. The van der Waals surface area contributed by atoms with Crippen LogP contribution in [-0.2, 0) is 11.2 Å². The molecule has 0 aliphatic rings. The number of hydrogen-bond donors (Lipinski definition) is 2. The van der Waals surface area contributed by atoms with Crippen molar-refractivity contribution in [1.29, 1.82) is 0 Å². The Labute approximate surface area is 97.6 Å². The van der Waals surface area contributed by atoms with Gasteiger partial charge in [-0.05, 0) is 12.5 Å². The van der Waals surface area contributed by atoms with Gasteiger partial charge in [-0.3, -0.25) is 14.9 Å². The molecule has 88 valence electrons. The molecular weight excluding hydrogens is 236 g/mol. The van der Waals surface area contributed by atoms with Crippen LogP contribution < -0.4 is 5.73 Å². The van der Waals surface area contributed by atoms with Gasteiger partial charge in [-0.1, -0.05) is 6.07 Å². The van der Waals surface area contributed by atoms with E-state index in [0.717, 1.165) is 0 Å². The van der Waals surface area contributed by atoms with Gasteiger partial charge in [-0.15, -0.1) is 12.4 Å². The number of nitro benzene ring substituents is 1. The standard InChI is InChI=1S/C9H10N2O4.ClH/c10-7-3-1-6(2-4-9(12)13)8(5-7)11(14)15;/h1,3,5H,2,4,10H2,(H,12,13);1H. The molecule has 0 bridgehead atoms. The molecule has 7 heteroatoms. The Morgan fingerprint density at radius 1 is 1.50 bits per heavy atom. The Balaban J connectivity index is 0.00000225. The van der Waals surface area contributed by atoms with Crippen LogP contribution in [0.1, 0.15) is 12.0 Å². The molecule has 0 amide bonds. The molecule has 0 aliphatic carbocycles. The van der Waals surface area contributed by atoms with Crippen LogP contribution in [0.3, 0.4) is 0 Å². The smallest absolute Gasteiger partial charge is 0.303 e. The summed E-state index contributed by atoms with van der Waals surface area (Å²) in [6.45, 7) is 0. The van der Waals surface area contributed by atoms with E-state index in [2.05, 4.69) is 0 Å². The summed E-state index contributed by atoms with van der Waals surface area (Å²) in [5.74, 6) is -0.985. The summed E-state index contributed by atoms with van der Waals surface area (Å²) in [4.78, 5) is 20.4. The number of nitrogens with zero attached hydrogens (tertiary/aromatic N) is 1. The van der Waals surface area contributed by atoms with E-state index in [-0.39, 0.29) is 30.9 Å². The number of carbonyl (C=O) groups is 1. The first-order valence-corrected chi connectivity index (χ1v) is 4.25. The summed E-state index contributed by atoms with van der Waals surface area (Å²) < 4.78 is 0. The maximum Gasteiger partial charge on any atom is 0.303 e. The van der Waals surface area contributed by atoms with Crippen molar-refractivity contribution in [2.75, 3.05) is 5.73 Å². The lowest BCUT2D eigenvalue weighted by Crippen LogP contribution is -2.01. The Morgan fingerprint density at radius 2 is 2.12 bits per heavy atom. The lowest BCUT2D eigenvalue weighted by molar-refractivity contribution is -0.385. The van der Waals surface area contributed by atoms with Crippen LogP contribution in [0.5, 0.6) is 0 Å². The zero-order chi connectivity index (χ0) is 11.4. The second kappa shape index (κ2) is 5.92. The van der Waals surface area contributed by atoms with Crippen LogP contribution in [0.25, 0.3) is 0 Å². The summed E-state index contributed by atoms with van der Waals surface area (Å²) >= 11 is 0. The first-order valence-electron chi connectivity index (χ1n) is 4.25. The number of halogens is 1. The number of anilines is 1. The number of aliphatic carboxylic acids is 1. The van der Waals surface area contributed by atoms with Crippen LogP contribution in [-0.4, -0.2) is 16.0 Å².